The van der Waals surface area contributed by atoms with E-state index in [2.05, 4.69) is 31.0 Å². The molecular formula is C20H18BrF5N2O. The molecule has 0 atom stereocenters. The zero-order valence-corrected chi connectivity index (χ0v) is 16.7. The summed E-state index contributed by atoms with van der Waals surface area (Å²) in [6.45, 7) is -0.648. The van der Waals surface area contributed by atoms with Crippen LogP contribution in [0.4, 0.5) is 22.0 Å². The van der Waals surface area contributed by atoms with Crippen LogP contribution < -0.4 is 10.1 Å². The highest BCUT2D eigenvalue weighted by molar-refractivity contribution is 9.10. The third-order valence-corrected chi connectivity index (χ3v) is 4.86. The lowest BCUT2D eigenvalue weighted by molar-refractivity contribution is -0.290. The van der Waals surface area contributed by atoms with Crippen molar-refractivity contribution in [2.24, 2.45) is 0 Å². The van der Waals surface area contributed by atoms with Gasteiger partial charge in [0.2, 0.25) is 0 Å². The summed E-state index contributed by atoms with van der Waals surface area (Å²) in [4.78, 5) is 3.22. The Morgan fingerprint density at radius 2 is 1.83 bits per heavy atom. The van der Waals surface area contributed by atoms with E-state index in [0.29, 0.717) is 13.1 Å². The molecule has 9 heteroatoms. The van der Waals surface area contributed by atoms with Crippen LogP contribution in [0.3, 0.4) is 0 Å². The number of rotatable bonds is 8. The molecular weight excluding hydrogens is 459 g/mol. The van der Waals surface area contributed by atoms with Crippen LogP contribution in [0.1, 0.15) is 11.1 Å². The van der Waals surface area contributed by atoms with Gasteiger partial charge in [-0.05, 0) is 48.4 Å². The zero-order valence-electron chi connectivity index (χ0n) is 15.1. The fourth-order valence-electron chi connectivity index (χ4n) is 2.82. The Labute approximate surface area is 172 Å². The summed E-state index contributed by atoms with van der Waals surface area (Å²) in [6, 6.07) is 12.1. The van der Waals surface area contributed by atoms with Crippen molar-refractivity contribution in [1.29, 1.82) is 0 Å². The molecule has 3 aromatic rings. The molecule has 2 aromatic carbocycles. The lowest BCUT2D eigenvalue weighted by Crippen LogP contribution is -2.41. The maximum atomic E-state index is 13.0. The van der Waals surface area contributed by atoms with Gasteiger partial charge in [-0.25, -0.2) is 0 Å². The minimum atomic E-state index is -5.63. The standard InChI is InChI=1S/C20H18BrF5N2O/c21-15-4-5-17-14(11-28-18(17)9-15)6-7-27-10-13-2-1-3-16(8-13)29-12-19(22,23)20(24,25)26/h1-5,8-9,11,27-28H,6-7,10,12H2. The molecule has 2 N–H and O–H groups in total. The number of H-pyrrole nitrogens is 1. The van der Waals surface area contributed by atoms with Crippen molar-refractivity contribution in [3.8, 4) is 5.75 Å². The molecule has 0 radical (unpaired) electrons. The molecule has 0 aliphatic carbocycles. The van der Waals surface area contributed by atoms with Crippen molar-refractivity contribution in [2.75, 3.05) is 13.2 Å². The number of aromatic amines is 1. The van der Waals surface area contributed by atoms with Crippen LogP contribution in [0.25, 0.3) is 10.9 Å². The number of hydrogen-bond donors (Lipinski definition) is 2. The fraction of sp³-hybridized carbons (Fsp3) is 0.300. The molecule has 3 nitrogen and oxygen atoms in total. The van der Waals surface area contributed by atoms with Crippen LogP contribution in [0.5, 0.6) is 5.75 Å². The predicted molar refractivity (Wildman–Crippen MR) is 104 cm³/mol. The maximum Gasteiger partial charge on any atom is 0.456 e. The number of alkyl halides is 5. The van der Waals surface area contributed by atoms with Crippen LogP contribution in [-0.2, 0) is 13.0 Å². The molecule has 0 aliphatic rings. The van der Waals surface area contributed by atoms with Gasteiger partial charge in [-0.2, -0.15) is 22.0 Å². The van der Waals surface area contributed by atoms with Crippen molar-refractivity contribution in [2.45, 2.75) is 25.1 Å². The molecule has 156 valence electrons. The normalized spacial score (nSPS) is 12.5. The topological polar surface area (TPSA) is 37.0 Å². The minimum Gasteiger partial charge on any atom is -0.487 e. The van der Waals surface area contributed by atoms with E-state index in [1.165, 1.54) is 12.1 Å². The van der Waals surface area contributed by atoms with Gasteiger partial charge in [-0.1, -0.05) is 34.1 Å². The Kier molecular flexibility index (Phi) is 6.48. The van der Waals surface area contributed by atoms with Crippen molar-refractivity contribution >= 4 is 26.8 Å². The highest BCUT2D eigenvalue weighted by Crippen LogP contribution is 2.35. The molecule has 1 aromatic heterocycles. The lowest BCUT2D eigenvalue weighted by Gasteiger charge is -2.20. The van der Waals surface area contributed by atoms with Crippen LogP contribution in [-0.4, -0.2) is 30.2 Å². The molecule has 1 heterocycles. The first-order chi connectivity index (χ1) is 13.7. The SMILES string of the molecule is FC(F)(F)C(F)(F)COc1cccc(CNCCc2c[nH]c3cc(Br)ccc23)c1. The smallest absolute Gasteiger partial charge is 0.456 e. The molecule has 29 heavy (non-hydrogen) atoms. The molecule has 0 saturated heterocycles. The molecule has 0 unspecified atom stereocenters. The van der Waals surface area contributed by atoms with E-state index in [9.17, 15) is 22.0 Å². The first-order valence-electron chi connectivity index (χ1n) is 8.78. The largest absolute Gasteiger partial charge is 0.487 e. The second-order valence-corrected chi connectivity index (χ2v) is 7.48. The monoisotopic (exact) mass is 476 g/mol. The summed E-state index contributed by atoms with van der Waals surface area (Å²) in [5.74, 6) is -4.92. The average molecular weight is 477 g/mol. The Balaban J connectivity index is 1.50. The molecule has 0 aliphatic heterocycles. The van der Waals surface area contributed by atoms with E-state index in [0.717, 1.165) is 32.9 Å². The summed E-state index contributed by atoms with van der Waals surface area (Å²) in [5.41, 5.74) is 2.92. The number of halogens is 6. The van der Waals surface area contributed by atoms with E-state index in [-0.39, 0.29) is 5.75 Å². The van der Waals surface area contributed by atoms with Gasteiger partial charge in [0.05, 0.1) is 0 Å². The number of fused-ring (bicyclic) bond motifs is 1. The number of aromatic nitrogens is 1. The van der Waals surface area contributed by atoms with Crippen molar-refractivity contribution < 1.29 is 26.7 Å². The van der Waals surface area contributed by atoms with Gasteiger partial charge in [0, 0.05) is 28.1 Å². The third kappa shape index (κ3) is 5.48. The number of nitrogens with one attached hydrogen (secondary N) is 2. The van der Waals surface area contributed by atoms with Crippen LogP contribution >= 0.6 is 15.9 Å². The first-order valence-corrected chi connectivity index (χ1v) is 9.57. The van der Waals surface area contributed by atoms with Crippen molar-refractivity contribution in [3.63, 3.8) is 0 Å². The highest BCUT2D eigenvalue weighted by atomic mass is 79.9. The molecule has 0 spiro atoms. The van der Waals surface area contributed by atoms with Crippen molar-refractivity contribution in [1.82, 2.24) is 10.3 Å². The summed E-state index contributed by atoms with van der Waals surface area (Å²) >= 11 is 3.43. The van der Waals surface area contributed by atoms with Gasteiger partial charge in [-0.15, -0.1) is 0 Å². The molecule has 3 rings (SSSR count). The lowest BCUT2D eigenvalue weighted by atomic mass is 10.1. The average Bonchev–Trinajstić information content (AvgIpc) is 3.05. The second kappa shape index (κ2) is 8.71. The summed E-state index contributed by atoms with van der Waals surface area (Å²) in [5, 5.41) is 4.37. The summed E-state index contributed by atoms with van der Waals surface area (Å²) in [6.07, 6.45) is -2.91. The summed E-state index contributed by atoms with van der Waals surface area (Å²) in [7, 11) is 0. The third-order valence-electron chi connectivity index (χ3n) is 4.36. The summed E-state index contributed by atoms with van der Waals surface area (Å²) < 4.78 is 68.2. The highest BCUT2D eigenvalue weighted by Gasteiger charge is 2.58. The number of benzene rings is 2. The van der Waals surface area contributed by atoms with E-state index < -0.39 is 18.7 Å². The van der Waals surface area contributed by atoms with Crippen molar-refractivity contribution in [3.05, 3.63) is 64.3 Å². The zero-order chi connectivity index (χ0) is 21.1. The van der Waals surface area contributed by atoms with Crippen LogP contribution in [0.2, 0.25) is 0 Å². The van der Waals surface area contributed by atoms with Gasteiger partial charge in [-0.3, -0.25) is 0 Å². The predicted octanol–water partition coefficient (Wildman–Crippen LogP) is 5.84. The molecule has 0 amide bonds. The second-order valence-electron chi connectivity index (χ2n) is 6.57. The molecule has 0 bridgehead atoms. The minimum absolute atomic E-state index is 0.0320. The van der Waals surface area contributed by atoms with E-state index >= 15 is 0 Å². The Morgan fingerprint density at radius 3 is 2.59 bits per heavy atom. The number of ether oxygens (including phenoxy) is 1. The quantitative estimate of drug-likeness (QED) is 0.316. The van der Waals surface area contributed by atoms with Crippen LogP contribution in [0.15, 0.2) is 53.1 Å². The Hall–Kier alpha value is -2.13. The Morgan fingerprint density at radius 1 is 1.03 bits per heavy atom. The fourth-order valence-corrected chi connectivity index (χ4v) is 3.18. The van der Waals surface area contributed by atoms with Gasteiger partial charge in [0.15, 0.2) is 6.61 Å². The van der Waals surface area contributed by atoms with Crippen LogP contribution in [0, 0.1) is 0 Å². The maximum absolute atomic E-state index is 13.0. The van der Waals surface area contributed by atoms with Gasteiger partial charge in [0.1, 0.15) is 5.75 Å². The van der Waals surface area contributed by atoms with E-state index in [4.69, 9.17) is 0 Å². The van der Waals surface area contributed by atoms with Gasteiger partial charge < -0.3 is 15.0 Å². The van der Waals surface area contributed by atoms with E-state index in [1.807, 2.05) is 24.4 Å². The molecule has 0 fully saturated rings. The van der Waals surface area contributed by atoms with Gasteiger partial charge in [0.25, 0.3) is 0 Å². The number of hydrogen-bond acceptors (Lipinski definition) is 2. The van der Waals surface area contributed by atoms with Gasteiger partial charge >= 0.3 is 12.1 Å². The first kappa shape index (κ1) is 21.6. The molecule has 0 saturated carbocycles. The Bertz CT molecular complexity index is 971. The van der Waals surface area contributed by atoms with E-state index in [1.54, 1.807) is 12.1 Å².